The topological polar surface area (TPSA) is 43.3 Å². The van der Waals surface area contributed by atoms with E-state index in [1.165, 1.54) is 0 Å². The summed E-state index contributed by atoms with van der Waals surface area (Å²) in [5.74, 6) is 0.795. The quantitative estimate of drug-likeness (QED) is 0.295. The van der Waals surface area contributed by atoms with Gasteiger partial charge in [0.15, 0.2) is 5.76 Å². The third-order valence-corrected chi connectivity index (χ3v) is 6.39. The standard InChI is InChI=1S/C23H17Br2N3O/c1-13-9-10-29-23(13)21-22-14(2)27-20(16-5-3-4-6-18(16)25)17-11-15(24)7-8-19(17)28(22)12-26-21/h3-12,14H,1-2H3/t14-/m0/s1. The first-order valence-corrected chi connectivity index (χ1v) is 10.9. The zero-order chi connectivity index (χ0) is 20.1. The molecule has 2 aromatic carbocycles. The molecule has 1 aliphatic heterocycles. The van der Waals surface area contributed by atoms with Gasteiger partial charge in [-0.1, -0.05) is 50.1 Å². The largest absolute Gasteiger partial charge is 0.462 e. The minimum atomic E-state index is -0.106. The lowest BCUT2D eigenvalue weighted by Crippen LogP contribution is -2.07. The van der Waals surface area contributed by atoms with E-state index in [1.807, 2.05) is 43.6 Å². The number of imidazole rings is 1. The first-order valence-electron chi connectivity index (χ1n) is 9.29. The number of hydrogen-bond donors (Lipinski definition) is 0. The highest BCUT2D eigenvalue weighted by atomic mass is 79.9. The molecule has 0 radical (unpaired) electrons. The third kappa shape index (κ3) is 3.02. The lowest BCUT2D eigenvalue weighted by atomic mass is 10.0. The van der Waals surface area contributed by atoms with Crippen LogP contribution in [0.2, 0.25) is 0 Å². The van der Waals surface area contributed by atoms with Gasteiger partial charge in [0, 0.05) is 20.1 Å². The van der Waals surface area contributed by atoms with Gasteiger partial charge < -0.3 is 4.42 Å². The molecule has 0 bridgehead atoms. The molecule has 6 heteroatoms. The molecule has 0 N–H and O–H groups in total. The van der Waals surface area contributed by atoms with E-state index in [9.17, 15) is 0 Å². The minimum Gasteiger partial charge on any atom is -0.462 e. The second-order valence-corrected chi connectivity index (χ2v) is 8.85. The maximum atomic E-state index is 5.76. The summed E-state index contributed by atoms with van der Waals surface area (Å²) >= 11 is 7.33. The van der Waals surface area contributed by atoms with Gasteiger partial charge in [-0.3, -0.25) is 9.56 Å². The Balaban J connectivity index is 1.82. The first-order chi connectivity index (χ1) is 14.0. The molecule has 0 saturated heterocycles. The van der Waals surface area contributed by atoms with E-state index in [1.54, 1.807) is 6.26 Å². The molecule has 4 nitrogen and oxygen atoms in total. The van der Waals surface area contributed by atoms with Crippen molar-refractivity contribution in [2.75, 3.05) is 0 Å². The Hall–Kier alpha value is -2.44. The smallest absolute Gasteiger partial charge is 0.157 e. The number of aryl methyl sites for hydroxylation is 1. The monoisotopic (exact) mass is 509 g/mol. The van der Waals surface area contributed by atoms with E-state index in [0.29, 0.717) is 0 Å². The average molecular weight is 511 g/mol. The van der Waals surface area contributed by atoms with Crippen molar-refractivity contribution in [1.82, 2.24) is 9.55 Å². The molecule has 0 spiro atoms. The zero-order valence-electron chi connectivity index (χ0n) is 15.9. The van der Waals surface area contributed by atoms with E-state index in [-0.39, 0.29) is 6.04 Å². The summed E-state index contributed by atoms with van der Waals surface area (Å²) in [4.78, 5) is 9.88. The number of hydrogen-bond acceptors (Lipinski definition) is 3. The fourth-order valence-corrected chi connectivity index (χ4v) is 4.67. The molecular weight excluding hydrogens is 494 g/mol. The molecule has 0 unspecified atom stereocenters. The highest BCUT2D eigenvalue weighted by molar-refractivity contribution is 9.10. The van der Waals surface area contributed by atoms with Gasteiger partial charge in [-0.15, -0.1) is 0 Å². The van der Waals surface area contributed by atoms with Crippen molar-refractivity contribution in [3.05, 3.63) is 92.5 Å². The van der Waals surface area contributed by atoms with E-state index in [4.69, 9.17) is 14.4 Å². The lowest BCUT2D eigenvalue weighted by molar-refractivity contribution is 0.576. The van der Waals surface area contributed by atoms with Crippen LogP contribution in [-0.2, 0) is 0 Å². The number of nitrogens with zero attached hydrogens (tertiary/aromatic N) is 3. The molecule has 3 heterocycles. The number of aliphatic imine (C=N–C) groups is 1. The summed E-state index contributed by atoms with van der Waals surface area (Å²) in [7, 11) is 0. The summed E-state index contributed by atoms with van der Waals surface area (Å²) in [5.41, 5.74) is 7.04. The predicted octanol–water partition coefficient (Wildman–Crippen LogP) is 6.88. The molecule has 4 aromatic rings. The Morgan fingerprint density at radius 3 is 2.62 bits per heavy atom. The summed E-state index contributed by atoms with van der Waals surface area (Å²) in [5, 5.41) is 0. The molecule has 5 rings (SSSR count). The van der Waals surface area contributed by atoms with Gasteiger partial charge >= 0.3 is 0 Å². The Morgan fingerprint density at radius 1 is 1.03 bits per heavy atom. The van der Waals surface area contributed by atoms with E-state index in [2.05, 4.69) is 61.5 Å². The molecule has 0 amide bonds. The Bertz CT molecular complexity index is 1270. The maximum Gasteiger partial charge on any atom is 0.157 e. The number of rotatable bonds is 2. The van der Waals surface area contributed by atoms with Crippen LogP contribution in [-0.4, -0.2) is 15.3 Å². The van der Waals surface area contributed by atoms with Gasteiger partial charge in [-0.05, 0) is 49.7 Å². The van der Waals surface area contributed by atoms with Crippen LogP contribution in [0.1, 0.15) is 35.3 Å². The molecule has 1 aliphatic rings. The highest BCUT2D eigenvalue weighted by Gasteiger charge is 2.28. The van der Waals surface area contributed by atoms with E-state index >= 15 is 0 Å². The van der Waals surface area contributed by atoms with E-state index < -0.39 is 0 Å². The van der Waals surface area contributed by atoms with Crippen LogP contribution < -0.4 is 0 Å². The van der Waals surface area contributed by atoms with Gasteiger partial charge in [0.1, 0.15) is 12.0 Å². The van der Waals surface area contributed by atoms with Crippen LogP contribution in [0.15, 0.2) is 79.5 Å². The van der Waals surface area contributed by atoms with Gasteiger partial charge in [0.05, 0.1) is 29.4 Å². The van der Waals surface area contributed by atoms with Crippen LogP contribution in [0.25, 0.3) is 17.1 Å². The van der Waals surface area contributed by atoms with Gasteiger partial charge in [0.2, 0.25) is 0 Å². The molecule has 0 aliphatic carbocycles. The molecule has 0 fully saturated rings. The average Bonchev–Trinajstić information content (AvgIpc) is 3.30. The van der Waals surface area contributed by atoms with Crippen LogP contribution in [0, 0.1) is 6.92 Å². The van der Waals surface area contributed by atoms with Crippen molar-refractivity contribution in [3.8, 4) is 17.1 Å². The fraction of sp³-hybridized carbons (Fsp3) is 0.130. The van der Waals surface area contributed by atoms with Crippen molar-refractivity contribution >= 4 is 37.6 Å². The number of halogens is 2. The second-order valence-electron chi connectivity index (χ2n) is 7.08. The first kappa shape index (κ1) is 18.6. The Morgan fingerprint density at radius 2 is 1.86 bits per heavy atom. The summed E-state index contributed by atoms with van der Waals surface area (Å²) in [6, 6.07) is 16.3. The van der Waals surface area contributed by atoms with Crippen LogP contribution in [0.4, 0.5) is 0 Å². The second kappa shape index (κ2) is 7.11. The maximum absolute atomic E-state index is 5.76. The SMILES string of the molecule is Cc1ccoc1-c1ncn2c1[C@H](C)N=C(c1ccccc1Br)c1cc(Br)ccc1-2. The van der Waals surface area contributed by atoms with Gasteiger partial charge in [-0.2, -0.15) is 0 Å². The van der Waals surface area contributed by atoms with Crippen molar-refractivity contribution in [2.24, 2.45) is 4.99 Å². The van der Waals surface area contributed by atoms with Crippen LogP contribution in [0.3, 0.4) is 0 Å². The van der Waals surface area contributed by atoms with Crippen molar-refractivity contribution in [3.63, 3.8) is 0 Å². The molecule has 144 valence electrons. The highest BCUT2D eigenvalue weighted by Crippen LogP contribution is 2.38. The minimum absolute atomic E-state index is 0.106. The van der Waals surface area contributed by atoms with E-state index in [0.717, 1.165) is 54.2 Å². The number of fused-ring (bicyclic) bond motifs is 3. The van der Waals surface area contributed by atoms with Crippen LogP contribution >= 0.6 is 31.9 Å². The summed E-state index contributed by atoms with van der Waals surface area (Å²) in [6.07, 6.45) is 3.58. The van der Waals surface area contributed by atoms with Gasteiger partial charge in [0.25, 0.3) is 0 Å². The zero-order valence-corrected chi connectivity index (χ0v) is 19.0. The number of furan rings is 1. The molecular formula is C23H17Br2N3O. The molecule has 29 heavy (non-hydrogen) atoms. The molecule has 2 aromatic heterocycles. The Kier molecular flexibility index (Phi) is 4.56. The fourth-order valence-electron chi connectivity index (χ4n) is 3.84. The van der Waals surface area contributed by atoms with Crippen LogP contribution in [0.5, 0.6) is 0 Å². The van der Waals surface area contributed by atoms with Crippen molar-refractivity contribution in [1.29, 1.82) is 0 Å². The molecule has 1 atom stereocenters. The summed E-state index contributed by atoms with van der Waals surface area (Å²) < 4.78 is 9.92. The Labute approximate surface area is 185 Å². The summed E-state index contributed by atoms with van der Waals surface area (Å²) in [6.45, 7) is 4.14. The van der Waals surface area contributed by atoms with Crippen molar-refractivity contribution < 1.29 is 4.42 Å². The molecule has 0 saturated carbocycles. The third-order valence-electron chi connectivity index (χ3n) is 5.20. The predicted molar refractivity (Wildman–Crippen MR) is 122 cm³/mol. The van der Waals surface area contributed by atoms with Crippen molar-refractivity contribution in [2.45, 2.75) is 19.9 Å². The normalized spacial score (nSPS) is 15.4. The van der Waals surface area contributed by atoms with Gasteiger partial charge in [-0.25, -0.2) is 4.98 Å². The number of benzene rings is 2. The number of aromatic nitrogens is 2. The lowest BCUT2D eigenvalue weighted by Gasteiger charge is -2.13.